The third-order valence-corrected chi connectivity index (χ3v) is 5.63. The molecule has 0 spiro atoms. The number of carbonyl (C=O) groups excluding carboxylic acids is 3. The van der Waals surface area contributed by atoms with Crippen LogP contribution in [0, 0.1) is 0 Å². The van der Waals surface area contributed by atoms with Crippen LogP contribution in [0.15, 0.2) is 73.2 Å². The van der Waals surface area contributed by atoms with Gasteiger partial charge in [0.25, 0.3) is 5.91 Å². The van der Waals surface area contributed by atoms with Gasteiger partial charge >= 0.3 is 0 Å². The second-order valence-corrected chi connectivity index (χ2v) is 8.16. The molecule has 4 heterocycles. The van der Waals surface area contributed by atoms with E-state index in [1.54, 1.807) is 36.7 Å². The summed E-state index contributed by atoms with van der Waals surface area (Å²) in [6.07, 6.45) is 4.68. The molecule has 1 aliphatic rings. The molecule has 0 aliphatic carbocycles. The molecule has 1 aromatic carbocycles. The Kier molecular flexibility index (Phi) is 5.80. The predicted molar refractivity (Wildman–Crippen MR) is 131 cm³/mol. The number of benzene rings is 1. The van der Waals surface area contributed by atoms with Crippen molar-refractivity contribution >= 4 is 34.8 Å². The van der Waals surface area contributed by atoms with E-state index in [-0.39, 0.29) is 30.7 Å². The van der Waals surface area contributed by atoms with E-state index >= 15 is 0 Å². The fourth-order valence-corrected chi connectivity index (χ4v) is 4.13. The van der Waals surface area contributed by atoms with E-state index < -0.39 is 0 Å². The summed E-state index contributed by atoms with van der Waals surface area (Å²) in [5.41, 5.74) is 4.39. The Hall–Kier alpha value is -4.79. The molecule has 2 amide bonds. The van der Waals surface area contributed by atoms with E-state index in [0.29, 0.717) is 34.0 Å². The molecule has 3 aromatic heterocycles. The maximum atomic E-state index is 13.4. The van der Waals surface area contributed by atoms with Crippen molar-refractivity contribution in [2.75, 3.05) is 17.2 Å². The highest BCUT2D eigenvalue weighted by Crippen LogP contribution is 2.38. The number of H-pyrrole nitrogens is 1. The average Bonchev–Trinajstić information content (AvgIpc) is 3.23. The Morgan fingerprint density at radius 3 is 2.60 bits per heavy atom. The summed E-state index contributed by atoms with van der Waals surface area (Å²) >= 11 is 0. The van der Waals surface area contributed by atoms with Crippen LogP contribution >= 0.6 is 0 Å². The Morgan fingerprint density at radius 2 is 1.86 bits per heavy atom. The van der Waals surface area contributed by atoms with Crippen molar-refractivity contribution in [3.63, 3.8) is 0 Å². The van der Waals surface area contributed by atoms with Crippen LogP contribution in [0.4, 0.5) is 17.2 Å². The van der Waals surface area contributed by atoms with Gasteiger partial charge in [-0.05, 0) is 36.4 Å². The summed E-state index contributed by atoms with van der Waals surface area (Å²) in [7, 11) is 0. The number of hydrogen-bond acceptors (Lipinski definition) is 6. The minimum atomic E-state index is -0.261. The van der Waals surface area contributed by atoms with Crippen molar-refractivity contribution in [3.8, 4) is 11.3 Å². The number of aromatic amines is 1. The zero-order valence-corrected chi connectivity index (χ0v) is 18.9. The number of nitrogens with zero attached hydrogens (tertiary/aromatic N) is 3. The molecule has 0 fully saturated rings. The van der Waals surface area contributed by atoms with E-state index in [4.69, 9.17) is 0 Å². The summed E-state index contributed by atoms with van der Waals surface area (Å²) < 4.78 is 0. The van der Waals surface area contributed by atoms with Crippen molar-refractivity contribution in [3.05, 3.63) is 90.0 Å². The SMILES string of the molecule is CC(=O)Nc1cc(-c2[nH]c3c(c2Nc2ccccc2)C(=O)CN(C(=O)c2cccnc2)C3)ccn1. The molecule has 0 saturated heterocycles. The van der Waals surface area contributed by atoms with Crippen LogP contribution in [0.2, 0.25) is 0 Å². The fourth-order valence-electron chi connectivity index (χ4n) is 4.13. The highest BCUT2D eigenvalue weighted by atomic mass is 16.2. The third kappa shape index (κ3) is 4.51. The number of aromatic nitrogens is 3. The number of hydrogen-bond donors (Lipinski definition) is 3. The van der Waals surface area contributed by atoms with Crippen molar-refractivity contribution in [2.24, 2.45) is 0 Å². The number of nitrogens with one attached hydrogen (secondary N) is 3. The quantitative estimate of drug-likeness (QED) is 0.409. The van der Waals surface area contributed by atoms with E-state index in [1.807, 2.05) is 30.3 Å². The number of pyridine rings is 2. The summed E-state index contributed by atoms with van der Waals surface area (Å²) in [5, 5.41) is 6.06. The number of rotatable bonds is 5. The molecule has 0 saturated carbocycles. The molecule has 9 heteroatoms. The zero-order chi connectivity index (χ0) is 24.4. The molecule has 0 atom stereocenters. The van der Waals surface area contributed by atoms with Crippen LogP contribution in [0.3, 0.4) is 0 Å². The number of Topliss-reactive ketones (excluding diaryl/α,β-unsaturated/α-hetero) is 1. The summed E-state index contributed by atoms with van der Waals surface area (Å²) in [5.74, 6) is -0.279. The molecule has 174 valence electrons. The van der Waals surface area contributed by atoms with Crippen LogP contribution in [-0.2, 0) is 11.3 Å². The first kappa shape index (κ1) is 22.0. The lowest BCUT2D eigenvalue weighted by atomic mass is 10.0. The van der Waals surface area contributed by atoms with E-state index in [1.165, 1.54) is 18.0 Å². The highest BCUT2D eigenvalue weighted by Gasteiger charge is 2.33. The largest absolute Gasteiger partial charge is 0.355 e. The molecule has 0 radical (unpaired) electrons. The molecule has 9 nitrogen and oxygen atoms in total. The van der Waals surface area contributed by atoms with Gasteiger partial charge in [0.1, 0.15) is 5.82 Å². The van der Waals surface area contributed by atoms with Gasteiger partial charge < -0.3 is 20.5 Å². The molecule has 1 aliphatic heterocycles. The lowest BCUT2D eigenvalue weighted by Crippen LogP contribution is -2.39. The van der Waals surface area contributed by atoms with Crippen LogP contribution in [-0.4, -0.2) is 44.0 Å². The Bertz CT molecular complexity index is 1420. The summed E-state index contributed by atoms with van der Waals surface area (Å²) in [6, 6.07) is 16.4. The Labute approximate surface area is 201 Å². The molecule has 0 bridgehead atoms. The van der Waals surface area contributed by atoms with Gasteiger partial charge in [-0.3, -0.25) is 19.4 Å². The highest BCUT2D eigenvalue weighted by molar-refractivity contribution is 6.10. The minimum absolute atomic E-state index is 0.0466. The van der Waals surface area contributed by atoms with Crippen molar-refractivity contribution in [1.29, 1.82) is 0 Å². The topological polar surface area (TPSA) is 120 Å². The Morgan fingerprint density at radius 1 is 1.03 bits per heavy atom. The molecule has 3 N–H and O–H groups in total. The molecule has 0 unspecified atom stereocenters. The van der Waals surface area contributed by atoms with Gasteiger partial charge in [-0.2, -0.15) is 0 Å². The Balaban J connectivity index is 1.57. The maximum Gasteiger partial charge on any atom is 0.256 e. The van der Waals surface area contributed by atoms with Gasteiger partial charge in [-0.25, -0.2) is 4.98 Å². The van der Waals surface area contributed by atoms with Gasteiger partial charge in [0.2, 0.25) is 5.91 Å². The van der Waals surface area contributed by atoms with Gasteiger partial charge in [-0.15, -0.1) is 0 Å². The fraction of sp³-hybridized carbons (Fsp3) is 0.115. The van der Waals surface area contributed by atoms with Crippen LogP contribution < -0.4 is 10.6 Å². The molecule has 4 aromatic rings. The smallest absolute Gasteiger partial charge is 0.256 e. The average molecular weight is 467 g/mol. The van der Waals surface area contributed by atoms with Crippen LogP contribution in [0.25, 0.3) is 11.3 Å². The first-order chi connectivity index (χ1) is 17.0. The van der Waals surface area contributed by atoms with Crippen molar-refractivity contribution < 1.29 is 14.4 Å². The lowest BCUT2D eigenvalue weighted by molar-refractivity contribution is -0.114. The summed E-state index contributed by atoms with van der Waals surface area (Å²) in [6.45, 7) is 1.60. The van der Waals surface area contributed by atoms with Gasteiger partial charge in [-0.1, -0.05) is 18.2 Å². The number of para-hydroxylation sites is 1. The molecule has 35 heavy (non-hydrogen) atoms. The monoisotopic (exact) mass is 466 g/mol. The van der Waals surface area contributed by atoms with Crippen LogP contribution in [0.1, 0.15) is 33.3 Å². The molecular weight excluding hydrogens is 444 g/mol. The van der Waals surface area contributed by atoms with Gasteiger partial charge in [0.15, 0.2) is 5.78 Å². The zero-order valence-electron chi connectivity index (χ0n) is 18.9. The number of amides is 2. The number of fused-ring (bicyclic) bond motifs is 1. The molecule has 5 rings (SSSR count). The van der Waals surface area contributed by atoms with E-state index in [0.717, 1.165) is 11.3 Å². The molecular formula is C26H22N6O3. The summed E-state index contributed by atoms with van der Waals surface area (Å²) in [4.78, 5) is 51.0. The van der Waals surface area contributed by atoms with Crippen molar-refractivity contribution in [1.82, 2.24) is 19.9 Å². The van der Waals surface area contributed by atoms with E-state index in [2.05, 4.69) is 25.6 Å². The maximum absolute atomic E-state index is 13.4. The van der Waals surface area contributed by atoms with Gasteiger partial charge in [0, 0.05) is 42.5 Å². The van der Waals surface area contributed by atoms with E-state index in [9.17, 15) is 14.4 Å². The predicted octanol–water partition coefficient (Wildman–Crippen LogP) is 4.01. The standard InChI is InChI=1S/C26H22N6O3/c1-16(33)29-22-12-17(9-11-28-22)24-25(30-19-7-3-2-4-8-19)23-20(31-24)14-32(15-21(23)34)26(35)18-6-5-10-27-13-18/h2-13,30-31H,14-15H2,1H3,(H,28,29,33). The van der Waals surface area contributed by atoms with Crippen molar-refractivity contribution in [2.45, 2.75) is 13.5 Å². The first-order valence-electron chi connectivity index (χ1n) is 11.0. The first-order valence-corrected chi connectivity index (χ1v) is 11.0. The normalized spacial score (nSPS) is 12.7. The number of carbonyl (C=O) groups is 3. The lowest BCUT2D eigenvalue weighted by Gasteiger charge is -2.26. The van der Waals surface area contributed by atoms with Gasteiger partial charge in [0.05, 0.1) is 35.6 Å². The minimum Gasteiger partial charge on any atom is -0.355 e. The second kappa shape index (κ2) is 9.22. The van der Waals surface area contributed by atoms with Crippen LogP contribution in [0.5, 0.6) is 0 Å². The third-order valence-electron chi connectivity index (χ3n) is 5.63. The number of ketones is 1. The number of anilines is 3. The second-order valence-electron chi connectivity index (χ2n) is 8.16.